The molecule has 0 saturated heterocycles. The molecule has 0 aliphatic rings. The highest BCUT2D eigenvalue weighted by molar-refractivity contribution is 8.13. The number of thioether (sulfide) groups is 2. The maximum Gasteiger partial charge on any atom is 0.316 e. The molecular weight excluding hydrogens is 284 g/mol. The van der Waals surface area contributed by atoms with Crippen LogP contribution in [0.3, 0.4) is 0 Å². The third-order valence-corrected chi connectivity index (χ3v) is 4.09. The summed E-state index contributed by atoms with van der Waals surface area (Å²) in [5.41, 5.74) is 1.38. The lowest BCUT2D eigenvalue weighted by Gasteiger charge is -2.07. The van der Waals surface area contributed by atoms with Crippen LogP contribution >= 0.6 is 23.5 Å². The van der Waals surface area contributed by atoms with Gasteiger partial charge in [0, 0.05) is 0 Å². The average Bonchev–Trinajstić information content (AvgIpc) is 2.75. The minimum atomic E-state index is -0.930. The third kappa shape index (κ3) is 2.76. The number of para-hydroxylation sites is 2. The van der Waals surface area contributed by atoms with Crippen LogP contribution in [0.4, 0.5) is 4.79 Å². The van der Waals surface area contributed by atoms with Crippen molar-refractivity contribution >= 4 is 45.8 Å². The molecule has 0 radical (unpaired) electrons. The van der Waals surface area contributed by atoms with E-state index in [2.05, 4.69) is 4.98 Å². The average molecular weight is 296 g/mol. The van der Waals surface area contributed by atoms with Crippen molar-refractivity contribution in [1.29, 1.82) is 0 Å². The van der Waals surface area contributed by atoms with Crippen molar-refractivity contribution in [3.8, 4) is 0 Å². The second-order valence-corrected chi connectivity index (χ2v) is 5.85. The van der Waals surface area contributed by atoms with Gasteiger partial charge in [-0.15, -0.1) is 0 Å². The molecule has 7 heteroatoms. The summed E-state index contributed by atoms with van der Waals surface area (Å²) in [6, 6.07) is 7.25. The van der Waals surface area contributed by atoms with E-state index in [9.17, 15) is 9.59 Å². The lowest BCUT2D eigenvalue weighted by atomic mass is 10.3. The van der Waals surface area contributed by atoms with Crippen molar-refractivity contribution in [2.45, 2.75) is 17.3 Å². The zero-order chi connectivity index (χ0) is 14.0. The number of carboxylic acid groups (broad SMARTS) is 1. The Balaban J connectivity index is 2.53. The second-order valence-electron chi connectivity index (χ2n) is 3.79. The van der Waals surface area contributed by atoms with E-state index in [0.29, 0.717) is 16.2 Å². The van der Waals surface area contributed by atoms with Gasteiger partial charge in [0.1, 0.15) is 5.25 Å². The summed E-state index contributed by atoms with van der Waals surface area (Å²) < 4.78 is 1.46. The van der Waals surface area contributed by atoms with Crippen LogP contribution < -0.4 is 0 Å². The molecule has 1 aromatic carbocycles. The summed E-state index contributed by atoms with van der Waals surface area (Å²) >= 11 is 2.14. The molecule has 0 saturated carbocycles. The molecule has 1 aromatic heterocycles. The summed E-state index contributed by atoms with van der Waals surface area (Å²) in [5, 5.41) is 8.54. The molecule has 0 fully saturated rings. The molecule has 1 atom stereocenters. The standard InChI is InChI=1S/C12H12N2O3S2/c1-7(10(15)16)19-11-13-8-5-3-4-6-9(8)14(11)12(17)18-2/h3-7H,1-2H3,(H,15,16)/t7-/m0/s1. The highest BCUT2D eigenvalue weighted by Crippen LogP contribution is 2.28. The first-order valence-corrected chi connectivity index (χ1v) is 7.60. The second kappa shape index (κ2) is 5.66. The molecule has 2 rings (SSSR count). The number of nitrogens with zero attached hydrogens (tertiary/aromatic N) is 2. The van der Waals surface area contributed by atoms with E-state index in [0.717, 1.165) is 23.5 Å². The summed E-state index contributed by atoms with van der Waals surface area (Å²) in [5.74, 6) is -0.930. The van der Waals surface area contributed by atoms with E-state index < -0.39 is 11.2 Å². The van der Waals surface area contributed by atoms with Gasteiger partial charge in [0.2, 0.25) is 0 Å². The molecule has 1 N–H and O–H groups in total. The van der Waals surface area contributed by atoms with Crippen molar-refractivity contribution in [3.63, 3.8) is 0 Å². The van der Waals surface area contributed by atoms with E-state index in [1.165, 1.54) is 4.57 Å². The van der Waals surface area contributed by atoms with Crippen LogP contribution in [0.15, 0.2) is 29.4 Å². The molecule has 100 valence electrons. The fourth-order valence-corrected chi connectivity index (χ4v) is 2.84. The van der Waals surface area contributed by atoms with Crippen molar-refractivity contribution in [2.75, 3.05) is 6.26 Å². The summed E-state index contributed by atoms with van der Waals surface area (Å²) in [6.07, 6.45) is 1.69. The molecule has 0 unspecified atom stereocenters. The number of benzene rings is 1. The Kier molecular flexibility index (Phi) is 4.16. The summed E-state index contributed by atoms with van der Waals surface area (Å²) in [4.78, 5) is 27.2. The van der Waals surface area contributed by atoms with Crippen molar-refractivity contribution in [2.24, 2.45) is 0 Å². The normalized spacial score (nSPS) is 12.5. The fraction of sp³-hybridized carbons (Fsp3) is 0.250. The van der Waals surface area contributed by atoms with Gasteiger partial charge in [0.15, 0.2) is 5.16 Å². The first-order chi connectivity index (χ1) is 9.04. The molecule has 1 heterocycles. The third-order valence-electron chi connectivity index (χ3n) is 2.52. The van der Waals surface area contributed by atoms with Gasteiger partial charge in [0.25, 0.3) is 5.24 Å². The first-order valence-electron chi connectivity index (χ1n) is 5.50. The van der Waals surface area contributed by atoms with Gasteiger partial charge in [-0.25, -0.2) is 9.55 Å². The Morgan fingerprint density at radius 2 is 2.05 bits per heavy atom. The highest BCUT2D eigenvalue weighted by Gasteiger charge is 2.21. The number of rotatable bonds is 3. The monoisotopic (exact) mass is 296 g/mol. The van der Waals surface area contributed by atoms with E-state index in [-0.39, 0.29) is 5.24 Å². The predicted octanol–water partition coefficient (Wildman–Crippen LogP) is 2.93. The molecule has 0 aliphatic carbocycles. The van der Waals surface area contributed by atoms with Crippen LogP contribution in [0.2, 0.25) is 0 Å². The number of aromatic nitrogens is 2. The SMILES string of the molecule is CSC(=O)n1c(S[C@@H](C)C(=O)O)nc2ccccc21. The Morgan fingerprint density at radius 3 is 2.68 bits per heavy atom. The summed E-state index contributed by atoms with van der Waals surface area (Å²) in [6.45, 7) is 1.57. The smallest absolute Gasteiger partial charge is 0.316 e. The minimum Gasteiger partial charge on any atom is -0.480 e. The number of carbonyl (C=O) groups excluding carboxylic acids is 1. The zero-order valence-corrected chi connectivity index (χ0v) is 12.0. The van der Waals surface area contributed by atoms with Crippen LogP contribution in [-0.4, -0.2) is 37.4 Å². The lowest BCUT2D eigenvalue weighted by molar-refractivity contribution is -0.136. The van der Waals surface area contributed by atoms with E-state index in [1.807, 2.05) is 12.1 Å². The maximum absolute atomic E-state index is 12.0. The number of aliphatic carboxylic acids is 1. The molecule has 5 nitrogen and oxygen atoms in total. The minimum absolute atomic E-state index is 0.172. The number of carbonyl (C=O) groups is 2. The maximum atomic E-state index is 12.0. The Hall–Kier alpha value is -1.47. The van der Waals surface area contributed by atoms with Gasteiger partial charge < -0.3 is 5.11 Å². The molecule has 2 aromatic rings. The lowest BCUT2D eigenvalue weighted by Crippen LogP contribution is -2.14. The largest absolute Gasteiger partial charge is 0.480 e. The molecule has 0 aliphatic heterocycles. The van der Waals surface area contributed by atoms with E-state index >= 15 is 0 Å². The van der Waals surface area contributed by atoms with E-state index in [4.69, 9.17) is 5.11 Å². The number of fused-ring (bicyclic) bond motifs is 1. The number of imidazole rings is 1. The quantitative estimate of drug-likeness (QED) is 0.878. The zero-order valence-electron chi connectivity index (χ0n) is 10.4. The van der Waals surface area contributed by atoms with Crippen molar-refractivity contribution < 1.29 is 14.7 Å². The van der Waals surface area contributed by atoms with Crippen LogP contribution in [-0.2, 0) is 4.79 Å². The Morgan fingerprint density at radius 1 is 1.37 bits per heavy atom. The van der Waals surface area contributed by atoms with E-state index in [1.54, 1.807) is 25.3 Å². The van der Waals surface area contributed by atoms with Crippen molar-refractivity contribution in [1.82, 2.24) is 9.55 Å². The number of carboxylic acids is 1. The molecular formula is C12H12N2O3S2. The van der Waals surface area contributed by atoms with Gasteiger partial charge in [-0.05, 0) is 25.3 Å². The van der Waals surface area contributed by atoms with Crippen LogP contribution in [0.25, 0.3) is 11.0 Å². The van der Waals surface area contributed by atoms with Gasteiger partial charge in [-0.2, -0.15) is 0 Å². The van der Waals surface area contributed by atoms with Crippen LogP contribution in [0.1, 0.15) is 6.92 Å². The fourth-order valence-electron chi connectivity index (χ4n) is 1.56. The molecule has 0 bridgehead atoms. The number of hydrogen-bond acceptors (Lipinski definition) is 5. The van der Waals surface area contributed by atoms with Crippen LogP contribution in [0.5, 0.6) is 0 Å². The van der Waals surface area contributed by atoms with Crippen molar-refractivity contribution in [3.05, 3.63) is 24.3 Å². The Labute approximate surface area is 118 Å². The predicted molar refractivity (Wildman–Crippen MR) is 77.0 cm³/mol. The molecule has 0 amide bonds. The Bertz CT molecular complexity index is 639. The molecule has 19 heavy (non-hydrogen) atoms. The van der Waals surface area contributed by atoms with Gasteiger partial charge >= 0.3 is 5.97 Å². The first kappa shape index (κ1) is 14.0. The van der Waals surface area contributed by atoms with Gasteiger partial charge in [0.05, 0.1) is 11.0 Å². The number of hydrogen-bond donors (Lipinski definition) is 1. The summed E-state index contributed by atoms with van der Waals surface area (Å²) in [7, 11) is 0. The van der Waals surface area contributed by atoms with Gasteiger partial charge in [-0.1, -0.05) is 35.7 Å². The van der Waals surface area contributed by atoms with Gasteiger partial charge in [-0.3, -0.25) is 9.59 Å². The molecule has 0 spiro atoms. The highest BCUT2D eigenvalue weighted by atomic mass is 32.2. The topological polar surface area (TPSA) is 72.2 Å². The van der Waals surface area contributed by atoms with Crippen LogP contribution in [0, 0.1) is 0 Å².